The van der Waals surface area contributed by atoms with Crippen LogP contribution in [0.4, 0.5) is 17.1 Å². The third-order valence-corrected chi connectivity index (χ3v) is 16.0. The number of hydrogen-bond acceptors (Lipinski definition) is 1. The van der Waals surface area contributed by atoms with Crippen LogP contribution in [0.2, 0.25) is 0 Å². The monoisotopic (exact) mass is 771 g/mol. The predicted octanol–water partition coefficient (Wildman–Crippen LogP) is 16.8. The van der Waals surface area contributed by atoms with Crippen LogP contribution in [0.5, 0.6) is 0 Å². The van der Waals surface area contributed by atoms with E-state index in [4.69, 9.17) is 0 Å². The molecule has 0 aliphatic heterocycles. The summed E-state index contributed by atoms with van der Waals surface area (Å²) in [6, 6.07) is 52.6. The molecule has 1 heteroatoms. The lowest BCUT2D eigenvalue weighted by molar-refractivity contribution is 0.420. The van der Waals surface area contributed by atoms with Gasteiger partial charge in [-0.05, 0) is 161 Å². The normalized spacial score (nSPS) is 22.3. The first-order chi connectivity index (χ1) is 29.0. The summed E-state index contributed by atoms with van der Waals surface area (Å²) in [4.78, 5) is 2.57. The maximum atomic E-state index is 2.57. The number of nitrogens with zero attached hydrogens (tertiary/aromatic N) is 1. The van der Waals surface area contributed by atoms with E-state index in [2.05, 4.69) is 152 Å². The van der Waals surface area contributed by atoms with Gasteiger partial charge in [-0.15, -0.1) is 0 Å². The van der Waals surface area contributed by atoms with Gasteiger partial charge in [-0.2, -0.15) is 0 Å². The van der Waals surface area contributed by atoms with Crippen molar-refractivity contribution in [3.8, 4) is 33.4 Å². The van der Waals surface area contributed by atoms with E-state index in [1.165, 1.54) is 163 Å². The highest BCUT2D eigenvalue weighted by Crippen LogP contribution is 2.57. The SMILES string of the molecule is CC1(C)c2ccccc2-c2ccc(N(c3ccc(-c4ccc(C5CC6CCC5C6)cc4)cc3)c3ccc(C4CCCCC4)cc3)c(-c3ccc(C4CCCCC4)cc3)c21. The first-order valence-electron chi connectivity index (χ1n) is 23.5. The lowest BCUT2D eigenvalue weighted by Crippen LogP contribution is -2.19. The third-order valence-electron chi connectivity index (χ3n) is 16.0. The van der Waals surface area contributed by atoms with E-state index in [0.29, 0.717) is 11.8 Å². The molecule has 4 saturated carbocycles. The number of hydrogen-bond donors (Lipinski definition) is 0. The summed E-state index contributed by atoms with van der Waals surface area (Å²) in [7, 11) is 0. The Bertz CT molecular complexity index is 2420. The van der Waals surface area contributed by atoms with Crippen LogP contribution >= 0.6 is 0 Å². The van der Waals surface area contributed by atoms with Crippen molar-refractivity contribution in [3.05, 3.63) is 161 Å². The van der Waals surface area contributed by atoms with Gasteiger partial charge >= 0.3 is 0 Å². The summed E-state index contributed by atoms with van der Waals surface area (Å²) in [6.07, 6.45) is 19.2. The van der Waals surface area contributed by atoms with Gasteiger partial charge in [0, 0.05) is 22.4 Å². The summed E-state index contributed by atoms with van der Waals surface area (Å²) in [5, 5.41) is 0. The molecule has 0 N–H and O–H groups in total. The molecule has 0 saturated heterocycles. The van der Waals surface area contributed by atoms with E-state index in [1.54, 1.807) is 5.56 Å². The van der Waals surface area contributed by atoms with Crippen LogP contribution in [0.1, 0.15) is 149 Å². The van der Waals surface area contributed by atoms with Crippen LogP contribution in [-0.2, 0) is 5.41 Å². The van der Waals surface area contributed by atoms with Crippen molar-refractivity contribution in [1.29, 1.82) is 0 Å². The van der Waals surface area contributed by atoms with Gasteiger partial charge in [0.25, 0.3) is 0 Å². The van der Waals surface area contributed by atoms with Crippen molar-refractivity contribution in [1.82, 2.24) is 0 Å². The quantitative estimate of drug-likeness (QED) is 0.149. The van der Waals surface area contributed by atoms with Crippen LogP contribution in [-0.4, -0.2) is 0 Å². The zero-order valence-electron chi connectivity index (χ0n) is 35.4. The standard InChI is InChI=1S/C58H61N/c1-58(2)54-16-10-9-15-51(54)52-35-36-55(56(57(52)58)47-25-21-42(22-26-47)40-11-5-3-6-12-40)59(49-31-27-44(28-32-49)41-13-7-4-8-14-41)50-33-29-45(30-34-50)43-19-23-46(24-20-43)53-38-39-17-18-48(53)37-39/h9-10,15-16,19-36,39-41,48,53H,3-8,11-14,17-18,37-38H2,1-2H3. The van der Waals surface area contributed by atoms with Gasteiger partial charge in [0.2, 0.25) is 0 Å². The molecule has 3 atom stereocenters. The summed E-state index contributed by atoms with van der Waals surface area (Å²) in [6.45, 7) is 4.89. The number of fused-ring (bicyclic) bond motifs is 5. The Morgan fingerprint density at radius 1 is 0.458 bits per heavy atom. The Morgan fingerprint density at radius 3 is 1.59 bits per heavy atom. The minimum absolute atomic E-state index is 0.149. The van der Waals surface area contributed by atoms with E-state index in [1.807, 2.05) is 0 Å². The molecule has 5 aliphatic carbocycles. The number of anilines is 3. The zero-order chi connectivity index (χ0) is 39.5. The van der Waals surface area contributed by atoms with Gasteiger partial charge in [-0.1, -0.05) is 162 Å². The molecule has 0 aromatic heterocycles. The summed E-state index contributed by atoms with van der Waals surface area (Å²) >= 11 is 0. The van der Waals surface area contributed by atoms with Crippen LogP contribution in [0.25, 0.3) is 33.4 Å². The molecule has 5 aliphatic rings. The summed E-state index contributed by atoms with van der Waals surface area (Å²) in [5.41, 5.74) is 19.0. The molecule has 0 spiro atoms. The van der Waals surface area contributed by atoms with Crippen molar-refractivity contribution in [2.75, 3.05) is 4.90 Å². The topological polar surface area (TPSA) is 3.24 Å². The minimum atomic E-state index is -0.149. The van der Waals surface area contributed by atoms with Gasteiger partial charge in [0.15, 0.2) is 0 Å². The third kappa shape index (κ3) is 6.68. The van der Waals surface area contributed by atoms with Crippen LogP contribution in [0, 0.1) is 11.8 Å². The largest absolute Gasteiger partial charge is 0.310 e. The maximum Gasteiger partial charge on any atom is 0.0543 e. The van der Waals surface area contributed by atoms with Crippen molar-refractivity contribution >= 4 is 17.1 Å². The molecule has 1 nitrogen and oxygen atoms in total. The average molecular weight is 772 g/mol. The highest BCUT2D eigenvalue weighted by atomic mass is 15.1. The Morgan fingerprint density at radius 2 is 1.00 bits per heavy atom. The lowest BCUT2D eigenvalue weighted by Gasteiger charge is -2.32. The van der Waals surface area contributed by atoms with Crippen molar-refractivity contribution in [2.24, 2.45) is 11.8 Å². The van der Waals surface area contributed by atoms with E-state index in [0.717, 1.165) is 17.8 Å². The van der Waals surface area contributed by atoms with Gasteiger partial charge in [0.05, 0.1) is 5.69 Å². The molecule has 6 aromatic carbocycles. The fraction of sp³-hybridized carbons (Fsp3) is 0.379. The Balaban J connectivity index is 1.03. The van der Waals surface area contributed by atoms with Crippen LogP contribution < -0.4 is 4.90 Å². The second kappa shape index (κ2) is 15.3. The summed E-state index contributed by atoms with van der Waals surface area (Å²) in [5.74, 6) is 4.01. The molecule has 4 fully saturated rings. The van der Waals surface area contributed by atoms with Crippen LogP contribution in [0.15, 0.2) is 133 Å². The Labute approximate surface area is 353 Å². The van der Waals surface area contributed by atoms with Crippen molar-refractivity contribution in [3.63, 3.8) is 0 Å². The minimum Gasteiger partial charge on any atom is -0.310 e. The molecule has 0 amide bonds. The molecular weight excluding hydrogens is 711 g/mol. The Kier molecular flexibility index (Phi) is 9.63. The van der Waals surface area contributed by atoms with E-state index in [9.17, 15) is 0 Å². The fourth-order valence-electron chi connectivity index (χ4n) is 12.8. The highest BCUT2D eigenvalue weighted by Gasteiger charge is 2.41. The molecule has 59 heavy (non-hydrogen) atoms. The number of rotatable bonds is 8. The first-order valence-corrected chi connectivity index (χ1v) is 23.5. The molecule has 298 valence electrons. The highest BCUT2D eigenvalue weighted by molar-refractivity contribution is 5.97. The smallest absolute Gasteiger partial charge is 0.0543 e. The molecule has 0 radical (unpaired) electrons. The number of benzene rings is 6. The molecule has 3 unspecified atom stereocenters. The average Bonchev–Trinajstić information content (AvgIpc) is 4.01. The van der Waals surface area contributed by atoms with E-state index >= 15 is 0 Å². The molecular formula is C58H61N. The second-order valence-corrected chi connectivity index (χ2v) is 19.7. The van der Waals surface area contributed by atoms with E-state index in [-0.39, 0.29) is 5.41 Å². The predicted molar refractivity (Wildman–Crippen MR) is 249 cm³/mol. The van der Waals surface area contributed by atoms with Gasteiger partial charge in [-0.25, -0.2) is 0 Å². The lowest BCUT2D eigenvalue weighted by atomic mass is 9.77. The molecule has 0 heterocycles. The van der Waals surface area contributed by atoms with Crippen LogP contribution in [0.3, 0.4) is 0 Å². The summed E-state index contributed by atoms with van der Waals surface area (Å²) < 4.78 is 0. The Hall–Kier alpha value is -4.88. The molecule has 6 aromatic rings. The van der Waals surface area contributed by atoms with E-state index < -0.39 is 0 Å². The van der Waals surface area contributed by atoms with Crippen molar-refractivity contribution in [2.45, 2.75) is 127 Å². The zero-order valence-corrected chi connectivity index (χ0v) is 35.4. The first kappa shape index (κ1) is 37.1. The molecule has 11 rings (SSSR count). The van der Waals surface area contributed by atoms with Gasteiger partial charge < -0.3 is 4.90 Å². The fourth-order valence-corrected chi connectivity index (χ4v) is 12.8. The maximum absolute atomic E-state index is 2.57. The molecule has 2 bridgehead atoms. The van der Waals surface area contributed by atoms with Gasteiger partial charge in [-0.3, -0.25) is 0 Å². The van der Waals surface area contributed by atoms with Crippen molar-refractivity contribution < 1.29 is 0 Å². The van der Waals surface area contributed by atoms with Gasteiger partial charge in [0.1, 0.15) is 0 Å². The second-order valence-electron chi connectivity index (χ2n) is 19.7.